The molecule has 74 valence electrons. The Kier molecular flexibility index (Phi) is 7.78. The minimum atomic E-state index is -4.02. The zero-order chi connectivity index (χ0) is 9.03. The molecule has 1 rings (SSSR count). The van der Waals surface area contributed by atoms with Crippen molar-refractivity contribution in [2.45, 2.75) is 6.04 Å². The van der Waals surface area contributed by atoms with E-state index in [4.69, 9.17) is 4.55 Å². The number of rotatable bonds is 2. The normalized spacial score (nSPS) is 20.4. The second-order valence-electron chi connectivity index (χ2n) is 2.44. The van der Waals surface area contributed by atoms with Gasteiger partial charge in [-0.05, 0) is 0 Å². The molecule has 2 N–H and O–H groups in total. The molecule has 0 spiro atoms. The van der Waals surface area contributed by atoms with Gasteiger partial charge in [-0.25, -0.2) is 0 Å². The first-order chi connectivity index (χ1) is 5.58. The summed E-state index contributed by atoms with van der Waals surface area (Å²) < 4.78 is 31.6. The predicted octanol–water partition coefficient (Wildman–Crippen LogP) is -0.421. The standard InChI is InChI=1S/C5H11NO3S3.Na.H/c7-12(8,9)6-5-3-10-1-2-11-4-5;;/h5-6H,1-4H2,(H,7,8,9);;. The van der Waals surface area contributed by atoms with Crippen molar-refractivity contribution in [3.63, 3.8) is 0 Å². The van der Waals surface area contributed by atoms with Gasteiger partial charge in [-0.2, -0.15) is 36.7 Å². The summed E-state index contributed by atoms with van der Waals surface area (Å²) in [4.78, 5) is 0. The number of hydrogen-bond donors (Lipinski definition) is 2. The van der Waals surface area contributed by atoms with Gasteiger partial charge in [0.05, 0.1) is 0 Å². The molecule has 0 aromatic heterocycles. The molecule has 0 amide bonds. The van der Waals surface area contributed by atoms with E-state index in [1.807, 2.05) is 0 Å². The molecular weight excluding hydrogens is 241 g/mol. The third kappa shape index (κ3) is 7.49. The molecule has 0 aromatic rings. The Hall–Kier alpha value is 1.57. The van der Waals surface area contributed by atoms with Crippen LogP contribution in [0.1, 0.15) is 0 Å². The van der Waals surface area contributed by atoms with E-state index in [-0.39, 0.29) is 35.6 Å². The molecule has 1 aliphatic heterocycles. The van der Waals surface area contributed by atoms with Crippen LogP contribution < -0.4 is 4.72 Å². The second kappa shape index (κ2) is 6.95. The summed E-state index contributed by atoms with van der Waals surface area (Å²) in [5.41, 5.74) is 0. The van der Waals surface area contributed by atoms with Crippen LogP contribution in [-0.2, 0) is 10.3 Å². The fourth-order valence-corrected chi connectivity index (χ4v) is 4.09. The molecular formula is C5H12NNaO3S3. The molecule has 0 aliphatic carbocycles. The molecule has 0 atom stereocenters. The fraction of sp³-hybridized carbons (Fsp3) is 1.00. The Morgan fingerprint density at radius 3 is 2.08 bits per heavy atom. The fourth-order valence-electron chi connectivity index (χ4n) is 0.896. The molecule has 0 aromatic carbocycles. The van der Waals surface area contributed by atoms with Crippen molar-refractivity contribution in [3.8, 4) is 0 Å². The zero-order valence-electron chi connectivity index (χ0n) is 6.39. The van der Waals surface area contributed by atoms with Crippen LogP contribution in [0.15, 0.2) is 0 Å². The molecule has 1 fully saturated rings. The van der Waals surface area contributed by atoms with Crippen LogP contribution in [0.4, 0.5) is 0 Å². The van der Waals surface area contributed by atoms with Crippen LogP contribution in [0.3, 0.4) is 0 Å². The van der Waals surface area contributed by atoms with Crippen molar-refractivity contribution >= 4 is 63.4 Å². The Labute approximate surface area is 109 Å². The van der Waals surface area contributed by atoms with Crippen molar-refractivity contribution in [2.75, 3.05) is 23.0 Å². The molecule has 0 unspecified atom stereocenters. The zero-order valence-corrected chi connectivity index (χ0v) is 8.84. The van der Waals surface area contributed by atoms with E-state index in [0.29, 0.717) is 0 Å². The molecule has 8 heteroatoms. The van der Waals surface area contributed by atoms with Crippen LogP contribution in [0.2, 0.25) is 0 Å². The number of nitrogens with one attached hydrogen (secondary N) is 1. The van der Waals surface area contributed by atoms with Gasteiger partial charge in [0.25, 0.3) is 0 Å². The summed E-state index contributed by atoms with van der Waals surface area (Å²) in [5.74, 6) is 3.59. The SMILES string of the molecule is O=S(=O)(O)NC1CSCCSC1.[NaH]. The molecule has 0 bridgehead atoms. The Morgan fingerprint density at radius 1 is 1.23 bits per heavy atom. The molecule has 4 nitrogen and oxygen atoms in total. The van der Waals surface area contributed by atoms with Crippen LogP contribution in [0, 0.1) is 0 Å². The number of hydrogen-bond acceptors (Lipinski definition) is 4. The summed E-state index contributed by atoms with van der Waals surface area (Å²) in [6, 6.07) is -0.127. The third-order valence-electron chi connectivity index (χ3n) is 1.33. The summed E-state index contributed by atoms with van der Waals surface area (Å²) >= 11 is 3.41. The average molecular weight is 253 g/mol. The predicted molar refractivity (Wildman–Crippen MR) is 60.3 cm³/mol. The van der Waals surface area contributed by atoms with E-state index in [2.05, 4.69) is 4.72 Å². The molecule has 0 radical (unpaired) electrons. The third-order valence-corrected chi connectivity index (χ3v) is 4.48. The van der Waals surface area contributed by atoms with Gasteiger partial charge < -0.3 is 0 Å². The molecule has 13 heavy (non-hydrogen) atoms. The van der Waals surface area contributed by atoms with Gasteiger partial charge in [-0.15, -0.1) is 0 Å². The Morgan fingerprint density at radius 2 is 1.69 bits per heavy atom. The topological polar surface area (TPSA) is 66.4 Å². The van der Waals surface area contributed by atoms with Gasteiger partial charge in [-0.1, -0.05) is 0 Å². The maximum absolute atomic E-state index is 10.4. The van der Waals surface area contributed by atoms with Crippen molar-refractivity contribution in [2.24, 2.45) is 0 Å². The summed E-state index contributed by atoms with van der Waals surface area (Å²) in [6.45, 7) is 0. The van der Waals surface area contributed by atoms with Gasteiger partial charge in [0.2, 0.25) is 0 Å². The van der Waals surface area contributed by atoms with Gasteiger partial charge in [0, 0.05) is 29.1 Å². The molecule has 0 saturated carbocycles. The first kappa shape index (κ1) is 14.6. The maximum atomic E-state index is 10.4. The summed E-state index contributed by atoms with van der Waals surface area (Å²) in [5, 5.41) is 0. The van der Waals surface area contributed by atoms with Crippen molar-refractivity contribution in [3.05, 3.63) is 0 Å². The van der Waals surface area contributed by atoms with Gasteiger partial charge >= 0.3 is 39.9 Å². The molecule has 1 heterocycles. The Bertz CT molecular complexity index is 225. The molecule has 1 saturated heterocycles. The van der Waals surface area contributed by atoms with E-state index in [1.54, 1.807) is 23.5 Å². The van der Waals surface area contributed by atoms with Crippen molar-refractivity contribution < 1.29 is 13.0 Å². The van der Waals surface area contributed by atoms with Crippen LogP contribution in [0.5, 0.6) is 0 Å². The van der Waals surface area contributed by atoms with Gasteiger partial charge in [0.15, 0.2) is 0 Å². The molecule has 1 aliphatic rings. The monoisotopic (exact) mass is 253 g/mol. The van der Waals surface area contributed by atoms with E-state index in [9.17, 15) is 8.42 Å². The summed E-state index contributed by atoms with van der Waals surface area (Å²) in [6.07, 6.45) is 0. The van der Waals surface area contributed by atoms with E-state index < -0.39 is 10.3 Å². The minimum absolute atomic E-state index is 0. The van der Waals surface area contributed by atoms with E-state index >= 15 is 0 Å². The van der Waals surface area contributed by atoms with E-state index in [1.165, 1.54) is 0 Å². The first-order valence-corrected chi connectivity index (χ1v) is 7.23. The van der Waals surface area contributed by atoms with Crippen LogP contribution in [-0.4, -0.2) is 71.6 Å². The number of thioether (sulfide) groups is 2. The van der Waals surface area contributed by atoms with Gasteiger partial charge in [0.1, 0.15) is 0 Å². The summed E-state index contributed by atoms with van der Waals surface area (Å²) in [7, 11) is -4.02. The quantitative estimate of drug-likeness (QED) is 0.517. The van der Waals surface area contributed by atoms with E-state index in [0.717, 1.165) is 23.0 Å². The average Bonchev–Trinajstić information content (AvgIpc) is 2.12. The van der Waals surface area contributed by atoms with Crippen molar-refractivity contribution in [1.82, 2.24) is 4.72 Å². The first-order valence-electron chi connectivity index (χ1n) is 3.48. The van der Waals surface area contributed by atoms with Gasteiger partial charge in [-0.3, -0.25) is 4.55 Å². The second-order valence-corrected chi connectivity index (χ2v) is 5.93. The Balaban J connectivity index is 0.00000144. The van der Waals surface area contributed by atoms with Crippen molar-refractivity contribution in [1.29, 1.82) is 0 Å². The van der Waals surface area contributed by atoms with Crippen LogP contribution in [0.25, 0.3) is 0 Å². The van der Waals surface area contributed by atoms with Crippen LogP contribution >= 0.6 is 23.5 Å².